The van der Waals surface area contributed by atoms with Crippen LogP contribution in [-0.2, 0) is 6.42 Å². The molecule has 0 radical (unpaired) electrons. The normalized spacial score (nSPS) is 15.8. The zero-order valence-electron chi connectivity index (χ0n) is 15.1. The van der Waals surface area contributed by atoms with E-state index in [0.717, 1.165) is 12.0 Å². The first-order chi connectivity index (χ1) is 11.8. The van der Waals surface area contributed by atoms with E-state index in [1.165, 1.54) is 12.8 Å². The van der Waals surface area contributed by atoms with E-state index in [1.807, 2.05) is 12.1 Å². The number of carbonyl (C=O) groups excluding carboxylic acids is 1. The van der Waals surface area contributed by atoms with E-state index in [-0.39, 0.29) is 17.4 Å². The van der Waals surface area contributed by atoms with Crippen molar-refractivity contribution in [2.45, 2.75) is 46.1 Å². The van der Waals surface area contributed by atoms with Gasteiger partial charge in [-0.15, -0.1) is 0 Å². The average Bonchev–Trinajstić information content (AvgIpc) is 3.32. The van der Waals surface area contributed by atoms with Crippen molar-refractivity contribution >= 4 is 5.91 Å². The number of nitrogens with zero attached hydrogens (tertiary/aromatic N) is 2. The first-order valence-electron chi connectivity index (χ1n) is 8.79. The molecule has 3 rings (SSSR count). The zero-order valence-corrected chi connectivity index (χ0v) is 15.1. The quantitative estimate of drug-likeness (QED) is 0.842. The van der Waals surface area contributed by atoms with E-state index < -0.39 is 0 Å². The van der Waals surface area contributed by atoms with Crippen molar-refractivity contribution in [3.63, 3.8) is 0 Å². The Bertz CT molecular complexity index is 727. The molecule has 1 fully saturated rings. The maximum absolute atomic E-state index is 12.2. The molecule has 25 heavy (non-hydrogen) atoms. The summed E-state index contributed by atoms with van der Waals surface area (Å²) < 4.78 is 5.31. The van der Waals surface area contributed by atoms with Gasteiger partial charge in [0, 0.05) is 30.1 Å². The Hall–Kier alpha value is -2.21. The third-order valence-corrected chi connectivity index (χ3v) is 4.28. The van der Waals surface area contributed by atoms with Crippen LogP contribution in [0.1, 0.15) is 49.9 Å². The Morgan fingerprint density at radius 2 is 2.00 bits per heavy atom. The van der Waals surface area contributed by atoms with E-state index in [0.29, 0.717) is 29.7 Å². The van der Waals surface area contributed by atoms with Gasteiger partial charge >= 0.3 is 0 Å². The predicted molar refractivity (Wildman–Crippen MR) is 95.9 cm³/mol. The number of nitrogens with one attached hydrogen (secondary N) is 1. The molecule has 0 spiro atoms. The van der Waals surface area contributed by atoms with Crippen LogP contribution in [-0.4, -0.2) is 28.6 Å². The van der Waals surface area contributed by atoms with Gasteiger partial charge < -0.3 is 15.6 Å². The minimum atomic E-state index is -0.107. The molecule has 3 N–H and O–H groups in total. The van der Waals surface area contributed by atoms with Crippen molar-refractivity contribution in [3.8, 4) is 11.4 Å². The number of aromatic nitrogens is 2. The van der Waals surface area contributed by atoms with Crippen LogP contribution >= 0.6 is 0 Å². The highest BCUT2D eigenvalue weighted by Gasteiger charge is 2.28. The van der Waals surface area contributed by atoms with Crippen molar-refractivity contribution in [2.24, 2.45) is 17.1 Å². The molecular formula is C19H26N4O2. The number of hydrogen-bond donors (Lipinski definition) is 2. The molecule has 1 aliphatic rings. The summed E-state index contributed by atoms with van der Waals surface area (Å²) in [4.78, 5) is 16.6. The predicted octanol–water partition coefficient (Wildman–Crippen LogP) is 2.79. The Kier molecular flexibility index (Phi) is 4.90. The average molecular weight is 342 g/mol. The first-order valence-corrected chi connectivity index (χ1v) is 8.79. The van der Waals surface area contributed by atoms with Crippen LogP contribution in [0.15, 0.2) is 28.8 Å². The van der Waals surface area contributed by atoms with Crippen LogP contribution in [0.5, 0.6) is 0 Å². The van der Waals surface area contributed by atoms with Gasteiger partial charge in [0.2, 0.25) is 11.7 Å². The van der Waals surface area contributed by atoms with Gasteiger partial charge in [-0.3, -0.25) is 4.79 Å². The Morgan fingerprint density at radius 3 is 2.60 bits per heavy atom. The number of nitrogens with two attached hydrogens (primary N) is 1. The fourth-order valence-corrected chi connectivity index (χ4v) is 2.67. The third kappa shape index (κ3) is 4.89. The summed E-state index contributed by atoms with van der Waals surface area (Å²) in [6, 6.07) is 7.27. The molecule has 6 heteroatoms. The zero-order chi connectivity index (χ0) is 18.0. The highest BCUT2D eigenvalue weighted by atomic mass is 16.5. The molecule has 1 aromatic carbocycles. The number of carbonyl (C=O) groups is 1. The maximum Gasteiger partial charge on any atom is 0.251 e. The van der Waals surface area contributed by atoms with E-state index in [4.69, 9.17) is 10.3 Å². The van der Waals surface area contributed by atoms with Crippen molar-refractivity contribution in [3.05, 3.63) is 35.7 Å². The monoisotopic (exact) mass is 342 g/mol. The van der Waals surface area contributed by atoms with Crippen LogP contribution in [0.4, 0.5) is 0 Å². The van der Waals surface area contributed by atoms with Crippen LogP contribution in [0.3, 0.4) is 0 Å². The first kappa shape index (κ1) is 17.6. The van der Waals surface area contributed by atoms with E-state index in [1.54, 1.807) is 12.1 Å². The van der Waals surface area contributed by atoms with Crippen molar-refractivity contribution < 1.29 is 9.32 Å². The molecule has 6 nitrogen and oxygen atoms in total. The number of hydrogen-bond acceptors (Lipinski definition) is 5. The minimum absolute atomic E-state index is 0.0591. The molecule has 1 aromatic heterocycles. The lowest BCUT2D eigenvalue weighted by Gasteiger charge is -2.13. The second kappa shape index (κ2) is 6.96. The van der Waals surface area contributed by atoms with Gasteiger partial charge in [-0.2, -0.15) is 4.98 Å². The molecule has 0 bridgehead atoms. The summed E-state index contributed by atoms with van der Waals surface area (Å²) in [5.41, 5.74) is 7.53. The summed E-state index contributed by atoms with van der Waals surface area (Å²) in [7, 11) is 0. The molecule has 1 amide bonds. The molecule has 0 aliphatic heterocycles. The lowest BCUT2D eigenvalue weighted by atomic mass is 9.92. The second-order valence-corrected chi connectivity index (χ2v) is 8.04. The lowest BCUT2D eigenvalue weighted by molar-refractivity contribution is 0.0950. The third-order valence-electron chi connectivity index (χ3n) is 4.28. The van der Waals surface area contributed by atoms with Crippen LogP contribution in [0.25, 0.3) is 11.4 Å². The van der Waals surface area contributed by atoms with E-state index in [2.05, 4.69) is 36.2 Å². The van der Waals surface area contributed by atoms with Gasteiger partial charge in [-0.25, -0.2) is 0 Å². The summed E-state index contributed by atoms with van der Waals surface area (Å²) in [5, 5.41) is 6.92. The maximum atomic E-state index is 12.2. The van der Waals surface area contributed by atoms with Crippen molar-refractivity contribution in [2.75, 3.05) is 6.54 Å². The Morgan fingerprint density at radius 1 is 1.32 bits per heavy atom. The highest BCUT2D eigenvalue weighted by molar-refractivity contribution is 5.94. The summed E-state index contributed by atoms with van der Waals surface area (Å²) in [6.07, 6.45) is 3.07. The van der Waals surface area contributed by atoms with Crippen LogP contribution in [0.2, 0.25) is 0 Å². The topological polar surface area (TPSA) is 94.0 Å². The van der Waals surface area contributed by atoms with Gasteiger partial charge in [0.15, 0.2) is 0 Å². The molecule has 1 heterocycles. The van der Waals surface area contributed by atoms with Gasteiger partial charge in [-0.05, 0) is 36.3 Å². The van der Waals surface area contributed by atoms with Crippen molar-refractivity contribution in [1.82, 2.24) is 15.5 Å². The second-order valence-electron chi connectivity index (χ2n) is 8.04. The standard InChI is InChI=1S/C19H26N4O2/c1-19(2,3)10-16-22-17(23-25-16)13-6-8-14(9-7-13)18(24)21-11-15(20)12-4-5-12/h6-9,12,15H,4-5,10-11,20H2,1-3H3,(H,21,24). The van der Waals surface area contributed by atoms with Gasteiger partial charge in [-0.1, -0.05) is 38.1 Å². The van der Waals surface area contributed by atoms with Gasteiger partial charge in [0.05, 0.1) is 0 Å². The Labute approximate surface area is 148 Å². The van der Waals surface area contributed by atoms with Crippen LogP contribution < -0.4 is 11.1 Å². The minimum Gasteiger partial charge on any atom is -0.350 e. The van der Waals surface area contributed by atoms with E-state index in [9.17, 15) is 4.79 Å². The molecule has 1 unspecified atom stereocenters. The van der Waals surface area contributed by atoms with Gasteiger partial charge in [0.1, 0.15) is 0 Å². The highest BCUT2D eigenvalue weighted by Crippen LogP contribution is 2.31. The largest absolute Gasteiger partial charge is 0.350 e. The summed E-state index contributed by atoms with van der Waals surface area (Å²) in [5.74, 6) is 1.63. The van der Waals surface area contributed by atoms with E-state index >= 15 is 0 Å². The lowest BCUT2D eigenvalue weighted by Crippen LogP contribution is -2.38. The number of rotatable bonds is 6. The Balaban J connectivity index is 1.60. The molecule has 1 aliphatic carbocycles. The molecule has 1 atom stereocenters. The molecule has 0 saturated heterocycles. The molecule has 134 valence electrons. The summed E-state index contributed by atoms with van der Waals surface area (Å²) in [6.45, 7) is 6.89. The fourth-order valence-electron chi connectivity index (χ4n) is 2.67. The number of amides is 1. The molecule has 2 aromatic rings. The summed E-state index contributed by atoms with van der Waals surface area (Å²) >= 11 is 0. The SMILES string of the molecule is CC(C)(C)Cc1nc(-c2ccc(C(=O)NCC(N)C3CC3)cc2)no1. The molecular weight excluding hydrogens is 316 g/mol. The molecule has 1 saturated carbocycles. The van der Waals surface area contributed by atoms with Gasteiger partial charge in [0.25, 0.3) is 5.91 Å². The fraction of sp³-hybridized carbons (Fsp3) is 0.526. The van der Waals surface area contributed by atoms with Crippen LogP contribution in [0, 0.1) is 11.3 Å². The van der Waals surface area contributed by atoms with Crippen molar-refractivity contribution in [1.29, 1.82) is 0 Å². The smallest absolute Gasteiger partial charge is 0.251 e. The number of benzene rings is 1.